The van der Waals surface area contributed by atoms with Gasteiger partial charge in [-0.2, -0.15) is 13.2 Å². The number of quaternary nitrogens is 1. The Morgan fingerprint density at radius 3 is 2.57 bits per heavy atom. The Morgan fingerprint density at radius 1 is 1.07 bits per heavy atom. The number of para-hydroxylation sites is 1. The first-order valence-electron chi connectivity index (χ1n) is 9.27. The molecule has 1 saturated heterocycles. The highest BCUT2D eigenvalue weighted by atomic mass is 19.4. The van der Waals surface area contributed by atoms with E-state index < -0.39 is 11.7 Å². The van der Waals surface area contributed by atoms with Crippen LogP contribution in [-0.4, -0.2) is 43.5 Å². The topological polar surface area (TPSA) is 40.5 Å². The van der Waals surface area contributed by atoms with Crippen molar-refractivity contribution in [1.29, 1.82) is 0 Å². The highest BCUT2D eigenvalue weighted by Crippen LogP contribution is 2.31. The third-order valence-electron chi connectivity index (χ3n) is 5.31. The van der Waals surface area contributed by atoms with E-state index >= 15 is 0 Å². The Kier molecular flexibility index (Phi) is 4.85. The van der Waals surface area contributed by atoms with Gasteiger partial charge in [0, 0.05) is 28.4 Å². The normalized spacial score (nSPS) is 15.9. The fraction of sp³-hybridized carbons (Fsp3) is 0.286. The number of carbonyl (C=O) groups excluding carboxylic acids is 1. The fourth-order valence-electron chi connectivity index (χ4n) is 3.76. The summed E-state index contributed by atoms with van der Waals surface area (Å²) in [5, 5.41) is 0.925. The van der Waals surface area contributed by atoms with E-state index in [1.54, 1.807) is 12.3 Å². The largest absolute Gasteiger partial charge is 0.416 e. The van der Waals surface area contributed by atoms with Crippen LogP contribution in [0.1, 0.15) is 15.9 Å². The zero-order valence-electron chi connectivity index (χ0n) is 15.2. The lowest BCUT2D eigenvalue weighted by Crippen LogP contribution is -3.15. The third-order valence-corrected chi connectivity index (χ3v) is 5.31. The van der Waals surface area contributed by atoms with Crippen molar-refractivity contribution in [2.24, 2.45) is 0 Å². The lowest BCUT2D eigenvalue weighted by atomic mass is 10.1. The van der Waals surface area contributed by atoms with Gasteiger partial charge < -0.3 is 14.8 Å². The van der Waals surface area contributed by atoms with E-state index in [4.69, 9.17) is 0 Å². The number of halogens is 3. The molecule has 7 heteroatoms. The molecule has 4 rings (SSSR count). The molecule has 1 fully saturated rings. The van der Waals surface area contributed by atoms with Gasteiger partial charge in [0.05, 0.1) is 31.7 Å². The number of nitrogens with one attached hydrogen (secondary N) is 2. The summed E-state index contributed by atoms with van der Waals surface area (Å²) in [4.78, 5) is 18.9. The van der Waals surface area contributed by atoms with E-state index in [0.717, 1.165) is 21.9 Å². The molecule has 0 unspecified atom stereocenters. The molecule has 0 atom stereocenters. The maximum atomic E-state index is 12.9. The highest BCUT2D eigenvalue weighted by molar-refractivity contribution is 6.08. The van der Waals surface area contributed by atoms with Crippen molar-refractivity contribution in [2.45, 2.75) is 6.18 Å². The number of anilines is 1. The monoisotopic (exact) mass is 388 g/mol. The zero-order chi connectivity index (χ0) is 19.7. The van der Waals surface area contributed by atoms with Gasteiger partial charge in [0.15, 0.2) is 0 Å². The molecule has 0 saturated carbocycles. The smallest absolute Gasteiger partial charge is 0.360 e. The van der Waals surface area contributed by atoms with E-state index in [9.17, 15) is 18.0 Å². The molecule has 1 aromatic heterocycles. The number of piperazine rings is 1. The lowest BCUT2D eigenvalue weighted by molar-refractivity contribution is -0.892. The Labute approximate surface area is 160 Å². The standard InChI is InChI=1S/C21H20F3N3O/c22-21(23,24)15-4-3-5-16(12-15)27-10-8-26(9-11-27)14-20(28)18-13-25-19-7-2-1-6-17(18)19/h1-7,12-13,25H,8-11,14H2/p+1. The first-order valence-corrected chi connectivity index (χ1v) is 9.27. The predicted octanol–water partition coefficient (Wildman–Crippen LogP) is 2.77. The number of carbonyl (C=O) groups is 1. The van der Waals surface area contributed by atoms with Crippen molar-refractivity contribution in [3.8, 4) is 0 Å². The summed E-state index contributed by atoms with van der Waals surface area (Å²) in [6, 6.07) is 13.1. The fourth-order valence-corrected chi connectivity index (χ4v) is 3.76. The maximum absolute atomic E-state index is 12.9. The van der Waals surface area contributed by atoms with Crippen molar-refractivity contribution in [1.82, 2.24) is 4.98 Å². The number of alkyl halides is 3. The number of rotatable bonds is 4. The van der Waals surface area contributed by atoms with Gasteiger partial charge in [-0.1, -0.05) is 24.3 Å². The Morgan fingerprint density at radius 2 is 1.82 bits per heavy atom. The van der Waals surface area contributed by atoms with Gasteiger partial charge in [0.1, 0.15) is 6.54 Å². The first-order chi connectivity index (χ1) is 13.4. The quantitative estimate of drug-likeness (QED) is 0.675. The number of aromatic nitrogens is 1. The molecule has 146 valence electrons. The van der Waals surface area contributed by atoms with Crippen molar-refractivity contribution in [3.05, 3.63) is 65.9 Å². The average Bonchev–Trinajstić information content (AvgIpc) is 3.12. The highest BCUT2D eigenvalue weighted by Gasteiger charge is 2.31. The third kappa shape index (κ3) is 3.75. The van der Waals surface area contributed by atoms with Crippen LogP contribution in [-0.2, 0) is 6.18 Å². The van der Waals surface area contributed by atoms with Gasteiger partial charge in [0.25, 0.3) is 0 Å². The van der Waals surface area contributed by atoms with E-state index in [0.29, 0.717) is 44.0 Å². The summed E-state index contributed by atoms with van der Waals surface area (Å²) >= 11 is 0. The maximum Gasteiger partial charge on any atom is 0.416 e. The minimum atomic E-state index is -4.34. The van der Waals surface area contributed by atoms with E-state index in [1.807, 2.05) is 29.2 Å². The number of ketones is 1. The molecule has 1 aliphatic heterocycles. The number of nitrogens with zero attached hydrogens (tertiary/aromatic N) is 1. The van der Waals surface area contributed by atoms with E-state index in [1.165, 1.54) is 12.1 Å². The van der Waals surface area contributed by atoms with Crippen LogP contribution in [0.3, 0.4) is 0 Å². The summed E-state index contributed by atoms with van der Waals surface area (Å²) in [6.07, 6.45) is -2.58. The number of benzene rings is 2. The average molecular weight is 388 g/mol. The summed E-state index contributed by atoms with van der Waals surface area (Å²) in [5.74, 6) is 0.0833. The summed E-state index contributed by atoms with van der Waals surface area (Å²) in [5.41, 5.74) is 1.59. The second-order valence-corrected chi connectivity index (χ2v) is 7.13. The van der Waals surface area contributed by atoms with Crippen molar-refractivity contribution in [2.75, 3.05) is 37.6 Å². The molecule has 28 heavy (non-hydrogen) atoms. The number of H-pyrrole nitrogens is 1. The molecule has 0 radical (unpaired) electrons. The minimum Gasteiger partial charge on any atom is -0.360 e. The first kappa shape index (κ1) is 18.6. The van der Waals surface area contributed by atoms with Crippen molar-refractivity contribution < 1.29 is 22.9 Å². The number of fused-ring (bicyclic) bond motifs is 1. The minimum absolute atomic E-state index is 0.0833. The summed E-state index contributed by atoms with van der Waals surface area (Å²) in [7, 11) is 0. The number of Topliss-reactive ketones (excluding diaryl/α,β-unsaturated/α-hetero) is 1. The number of hydrogen-bond acceptors (Lipinski definition) is 2. The van der Waals surface area contributed by atoms with Gasteiger partial charge in [-0.25, -0.2) is 0 Å². The second-order valence-electron chi connectivity index (χ2n) is 7.13. The van der Waals surface area contributed by atoms with Crippen LogP contribution >= 0.6 is 0 Å². The summed E-state index contributed by atoms with van der Waals surface area (Å²) in [6.45, 7) is 3.06. The number of hydrogen-bond donors (Lipinski definition) is 2. The van der Waals surface area contributed by atoms with Crippen LogP contribution in [0.15, 0.2) is 54.7 Å². The molecule has 4 nitrogen and oxygen atoms in total. The van der Waals surface area contributed by atoms with Crippen molar-refractivity contribution in [3.63, 3.8) is 0 Å². The van der Waals surface area contributed by atoms with Crippen molar-refractivity contribution >= 4 is 22.4 Å². The molecule has 2 aromatic carbocycles. The van der Waals surface area contributed by atoms with Crippen LogP contribution in [0.25, 0.3) is 10.9 Å². The Bertz CT molecular complexity index is 988. The van der Waals surface area contributed by atoms with Gasteiger partial charge in [-0.05, 0) is 24.3 Å². The number of aromatic amines is 1. The Balaban J connectivity index is 1.39. The predicted molar refractivity (Wildman–Crippen MR) is 102 cm³/mol. The van der Waals surface area contributed by atoms with Gasteiger partial charge in [-0.3, -0.25) is 4.79 Å². The van der Waals surface area contributed by atoms with E-state index in [-0.39, 0.29) is 5.78 Å². The zero-order valence-corrected chi connectivity index (χ0v) is 15.2. The molecule has 0 amide bonds. The van der Waals surface area contributed by atoms with Crippen LogP contribution in [0, 0.1) is 0 Å². The molecule has 0 spiro atoms. The SMILES string of the molecule is O=C(C[NH+]1CCN(c2cccc(C(F)(F)F)c2)CC1)c1c[nH]c2ccccc12. The van der Waals surface area contributed by atoms with Crippen LogP contribution in [0.5, 0.6) is 0 Å². The molecule has 1 aliphatic rings. The molecule has 2 heterocycles. The van der Waals surface area contributed by atoms with E-state index in [2.05, 4.69) is 4.98 Å². The van der Waals surface area contributed by atoms with Crippen LogP contribution < -0.4 is 9.80 Å². The lowest BCUT2D eigenvalue weighted by Gasteiger charge is -2.33. The summed E-state index contributed by atoms with van der Waals surface area (Å²) < 4.78 is 38.8. The van der Waals surface area contributed by atoms with Crippen LogP contribution in [0.4, 0.5) is 18.9 Å². The molecule has 3 aromatic rings. The second kappa shape index (κ2) is 7.31. The van der Waals surface area contributed by atoms with Gasteiger partial charge in [0.2, 0.25) is 5.78 Å². The molecule has 2 N–H and O–H groups in total. The Hall–Kier alpha value is -2.80. The van der Waals surface area contributed by atoms with Crippen LogP contribution in [0.2, 0.25) is 0 Å². The molecule has 0 bridgehead atoms. The molecular formula is C21H21F3N3O+. The molecule has 0 aliphatic carbocycles. The molecular weight excluding hydrogens is 367 g/mol. The van der Waals surface area contributed by atoms with Gasteiger partial charge >= 0.3 is 6.18 Å². The van der Waals surface area contributed by atoms with Gasteiger partial charge in [-0.15, -0.1) is 0 Å².